The summed E-state index contributed by atoms with van der Waals surface area (Å²) in [4.78, 5) is 11.2. The van der Waals surface area contributed by atoms with Crippen LogP contribution in [0.4, 0.5) is 5.69 Å². The Kier molecular flexibility index (Phi) is 3.28. The zero-order valence-electron chi connectivity index (χ0n) is 9.92. The summed E-state index contributed by atoms with van der Waals surface area (Å²) in [7, 11) is 0. The molecule has 2 nitrogen and oxygen atoms in total. The van der Waals surface area contributed by atoms with Crippen LogP contribution in [0.3, 0.4) is 0 Å². The average molecular weight is 216 g/mol. The Labute approximate surface area is 97.1 Å². The van der Waals surface area contributed by atoms with E-state index in [1.54, 1.807) is 0 Å². The van der Waals surface area contributed by atoms with Gasteiger partial charge in [0.2, 0.25) is 5.91 Å². The molecule has 1 unspecified atom stereocenters. The Bertz CT molecular complexity index is 398. The highest BCUT2D eigenvalue weighted by atomic mass is 16.1. The number of carbonyl (C=O) groups excluding carboxylic acids is 1. The van der Waals surface area contributed by atoms with Gasteiger partial charge in [0, 0.05) is 12.1 Å². The van der Waals surface area contributed by atoms with E-state index >= 15 is 0 Å². The molecule has 0 aromatic heterocycles. The topological polar surface area (TPSA) is 29.1 Å². The van der Waals surface area contributed by atoms with E-state index in [1.165, 1.54) is 11.1 Å². The van der Waals surface area contributed by atoms with Gasteiger partial charge in [0.1, 0.15) is 0 Å². The van der Waals surface area contributed by atoms with Gasteiger partial charge in [0.15, 0.2) is 0 Å². The van der Waals surface area contributed by atoms with E-state index in [-0.39, 0.29) is 5.91 Å². The zero-order valence-corrected chi connectivity index (χ0v) is 9.92. The minimum Gasteiger partial charge on any atom is -0.326 e. The van der Waals surface area contributed by atoms with Gasteiger partial charge in [-0.05, 0) is 36.0 Å². The van der Waals surface area contributed by atoms with Crippen LogP contribution in [-0.2, 0) is 11.2 Å². The van der Waals surface area contributed by atoms with Crippen LogP contribution in [0.25, 0.3) is 0 Å². The summed E-state index contributed by atoms with van der Waals surface area (Å²) in [6, 6.07) is 6.29. The van der Waals surface area contributed by atoms with Gasteiger partial charge in [-0.2, -0.15) is 0 Å². The van der Waals surface area contributed by atoms with Gasteiger partial charge in [-0.25, -0.2) is 0 Å². The van der Waals surface area contributed by atoms with E-state index < -0.39 is 0 Å². The lowest BCUT2D eigenvalue weighted by Gasteiger charge is -2.18. The molecule has 16 heavy (non-hydrogen) atoms. The third-order valence-corrected chi connectivity index (χ3v) is 3.15. The molecular formula is C14H18NO. The predicted octanol–water partition coefficient (Wildman–Crippen LogP) is 3.17. The Morgan fingerprint density at radius 1 is 1.44 bits per heavy atom. The molecule has 1 atom stereocenters. The Hall–Kier alpha value is -1.31. The Balaban J connectivity index is 2.16. The summed E-state index contributed by atoms with van der Waals surface area (Å²) in [6.07, 6.45) is 4.92. The van der Waals surface area contributed by atoms with Crippen molar-refractivity contribution >= 4 is 11.6 Å². The van der Waals surface area contributed by atoms with Crippen molar-refractivity contribution < 1.29 is 4.79 Å². The maximum atomic E-state index is 11.2. The van der Waals surface area contributed by atoms with Crippen molar-refractivity contribution in [1.82, 2.24) is 0 Å². The molecule has 1 aliphatic rings. The first-order valence-electron chi connectivity index (χ1n) is 5.96. The molecule has 1 amide bonds. The number of carbonyl (C=O) groups is 1. The molecule has 85 valence electrons. The van der Waals surface area contributed by atoms with Crippen LogP contribution in [0.5, 0.6) is 0 Å². The van der Waals surface area contributed by atoms with Gasteiger partial charge in [0.25, 0.3) is 0 Å². The first-order chi connectivity index (χ1) is 7.69. The van der Waals surface area contributed by atoms with Crippen LogP contribution < -0.4 is 5.32 Å². The standard InChI is InChI=1S/C14H18NO/c1-3-10(2)8-11-4-6-13-12(9-11)5-7-14(16)15-13/h4,6,8-10H,3,5,7H2,1-2H3,(H,15,16). The molecule has 1 N–H and O–H groups in total. The van der Waals surface area contributed by atoms with Crippen molar-refractivity contribution in [3.63, 3.8) is 0 Å². The summed E-state index contributed by atoms with van der Waals surface area (Å²) < 4.78 is 0. The summed E-state index contributed by atoms with van der Waals surface area (Å²) in [5, 5.41) is 2.90. The van der Waals surface area contributed by atoms with Crippen molar-refractivity contribution in [2.45, 2.75) is 33.1 Å². The predicted molar refractivity (Wildman–Crippen MR) is 66.2 cm³/mol. The number of hydrogen-bond donors (Lipinski definition) is 1. The molecule has 0 saturated carbocycles. The quantitative estimate of drug-likeness (QED) is 0.826. The summed E-state index contributed by atoms with van der Waals surface area (Å²) in [5.41, 5.74) is 3.51. The second kappa shape index (κ2) is 4.69. The molecule has 1 aliphatic heterocycles. The highest BCUT2D eigenvalue weighted by Gasteiger charge is 2.15. The zero-order chi connectivity index (χ0) is 11.5. The normalized spacial score (nSPS) is 16.5. The number of amides is 1. The fraction of sp³-hybridized carbons (Fsp3) is 0.429. The summed E-state index contributed by atoms with van der Waals surface area (Å²) in [6.45, 7) is 4.42. The highest BCUT2D eigenvalue weighted by Crippen LogP contribution is 2.25. The van der Waals surface area contributed by atoms with E-state index in [0.717, 1.165) is 18.5 Å². The van der Waals surface area contributed by atoms with Gasteiger partial charge in [-0.15, -0.1) is 0 Å². The maximum absolute atomic E-state index is 11.2. The number of benzene rings is 1. The van der Waals surface area contributed by atoms with Crippen molar-refractivity contribution in [2.24, 2.45) is 5.92 Å². The molecule has 2 rings (SSSR count). The first kappa shape index (κ1) is 11.2. The van der Waals surface area contributed by atoms with E-state index in [1.807, 2.05) is 6.07 Å². The molecule has 1 heterocycles. The molecule has 1 radical (unpaired) electrons. The van der Waals surface area contributed by atoms with Crippen LogP contribution in [0.2, 0.25) is 0 Å². The third-order valence-electron chi connectivity index (χ3n) is 3.15. The molecule has 0 saturated heterocycles. The van der Waals surface area contributed by atoms with Crippen molar-refractivity contribution in [2.75, 3.05) is 5.32 Å². The van der Waals surface area contributed by atoms with Gasteiger partial charge in [-0.3, -0.25) is 4.79 Å². The molecule has 0 aliphatic carbocycles. The van der Waals surface area contributed by atoms with Crippen LogP contribution in [0, 0.1) is 12.3 Å². The third kappa shape index (κ3) is 2.43. The minimum atomic E-state index is 0.131. The van der Waals surface area contributed by atoms with Crippen LogP contribution >= 0.6 is 0 Å². The molecule has 1 aromatic carbocycles. The largest absolute Gasteiger partial charge is 0.326 e. The summed E-state index contributed by atoms with van der Waals surface area (Å²) >= 11 is 0. The number of rotatable bonds is 3. The number of aryl methyl sites for hydroxylation is 1. The second-order valence-electron chi connectivity index (χ2n) is 4.52. The van der Waals surface area contributed by atoms with E-state index in [9.17, 15) is 4.79 Å². The van der Waals surface area contributed by atoms with Gasteiger partial charge < -0.3 is 5.32 Å². The van der Waals surface area contributed by atoms with Crippen molar-refractivity contribution in [3.05, 3.63) is 35.7 Å². The van der Waals surface area contributed by atoms with Crippen molar-refractivity contribution in [1.29, 1.82) is 0 Å². The number of nitrogens with one attached hydrogen (secondary N) is 1. The fourth-order valence-electron chi connectivity index (χ4n) is 1.95. The lowest BCUT2D eigenvalue weighted by molar-refractivity contribution is -0.116. The van der Waals surface area contributed by atoms with E-state index in [2.05, 4.69) is 37.7 Å². The average Bonchev–Trinajstić information content (AvgIpc) is 2.29. The number of hydrogen-bond acceptors (Lipinski definition) is 1. The van der Waals surface area contributed by atoms with Crippen LogP contribution in [0.15, 0.2) is 18.2 Å². The van der Waals surface area contributed by atoms with E-state index in [0.29, 0.717) is 12.3 Å². The Morgan fingerprint density at radius 2 is 2.25 bits per heavy atom. The van der Waals surface area contributed by atoms with Crippen LogP contribution in [-0.4, -0.2) is 5.91 Å². The number of anilines is 1. The van der Waals surface area contributed by atoms with Crippen molar-refractivity contribution in [3.8, 4) is 0 Å². The van der Waals surface area contributed by atoms with E-state index in [4.69, 9.17) is 0 Å². The SMILES string of the molecule is CCC(C)[CH]c1ccc2c(c1)CCC(=O)N2. The molecule has 0 fully saturated rings. The molecule has 1 aromatic rings. The molecule has 0 spiro atoms. The first-order valence-corrected chi connectivity index (χ1v) is 5.96. The molecule has 2 heteroatoms. The molecule has 0 bridgehead atoms. The number of fused-ring (bicyclic) bond motifs is 1. The Morgan fingerprint density at radius 3 is 3.00 bits per heavy atom. The highest BCUT2D eigenvalue weighted by molar-refractivity contribution is 5.93. The second-order valence-corrected chi connectivity index (χ2v) is 4.52. The lowest BCUT2D eigenvalue weighted by atomic mass is 9.94. The summed E-state index contributed by atoms with van der Waals surface area (Å²) in [5.74, 6) is 0.738. The minimum absolute atomic E-state index is 0.131. The fourth-order valence-corrected chi connectivity index (χ4v) is 1.95. The van der Waals surface area contributed by atoms with Gasteiger partial charge in [0.05, 0.1) is 0 Å². The lowest BCUT2D eigenvalue weighted by Crippen LogP contribution is -2.19. The smallest absolute Gasteiger partial charge is 0.224 e. The maximum Gasteiger partial charge on any atom is 0.224 e. The molecular weight excluding hydrogens is 198 g/mol. The van der Waals surface area contributed by atoms with Gasteiger partial charge in [-0.1, -0.05) is 32.4 Å². The van der Waals surface area contributed by atoms with Crippen LogP contribution in [0.1, 0.15) is 37.8 Å². The van der Waals surface area contributed by atoms with Gasteiger partial charge >= 0.3 is 0 Å². The monoisotopic (exact) mass is 216 g/mol.